The third-order valence-corrected chi connectivity index (χ3v) is 16.0. The van der Waals surface area contributed by atoms with E-state index in [0.717, 1.165) is 13.8 Å². The van der Waals surface area contributed by atoms with E-state index in [1.807, 2.05) is 0 Å². The minimum Gasteiger partial charge on any atom is -0.477 e. The van der Waals surface area contributed by atoms with Crippen molar-refractivity contribution in [2.45, 2.75) is 126 Å². The molecule has 494 valence electrons. The molecule has 5 rings (SSSR count). The Balaban J connectivity index is 0.985. The average Bonchev–Trinajstić information content (AvgIpc) is 1.03. The standard InChI is InChI=1S/C58H78N8O22S2/c1-31(67)63-39-15-11-37(12-16-39)53(79)61-29-43(73)47(75)49-45(65-33(3)69)41(71)27-57(87-49,55(81)82)85-21-5-23-89-25-19-59-51(77)35-7-9-36(10-8-35)52(78)60-20-26-90-24-6-22-86-58(56(83)84)28-42(72)46(66-34(4)70)50(88-58)48(76)44(74)30-62-54(80)38-13-17-40(18-14-38)64-32(2)68/h7-18,41-50,71-76H,5-6,19-30H2,1-4H3,(H,59,77)(H,60,78)(H,61,79)(H,62,80)(H,63,67)(H,64,68)(H,65,69)(H,66,70)(H,81,82)(H,83,84)/t41-,42-,43-,44+,45+,46+,47+,48+,49+,50+,57+,58+/m0/s1. The first-order valence-corrected chi connectivity index (χ1v) is 30.8. The summed E-state index contributed by atoms with van der Waals surface area (Å²) in [6, 6.07) is 14.7. The number of carbonyl (C=O) groups excluding carboxylic acids is 8. The number of carboxylic acid groups (broad SMARTS) is 2. The van der Waals surface area contributed by atoms with Gasteiger partial charge in [-0.05, 0) is 97.1 Å². The number of hydrogen-bond donors (Lipinski definition) is 16. The smallest absolute Gasteiger partial charge is 0.364 e. The van der Waals surface area contributed by atoms with Crippen molar-refractivity contribution in [1.82, 2.24) is 31.9 Å². The van der Waals surface area contributed by atoms with E-state index in [2.05, 4.69) is 42.5 Å². The summed E-state index contributed by atoms with van der Waals surface area (Å²) in [5.74, 6) is -10.7. The van der Waals surface area contributed by atoms with Gasteiger partial charge in [-0.15, -0.1) is 0 Å². The molecule has 90 heavy (non-hydrogen) atoms. The molecule has 0 spiro atoms. The number of rotatable bonds is 34. The lowest BCUT2D eigenvalue weighted by Gasteiger charge is -2.46. The monoisotopic (exact) mass is 1300 g/mol. The van der Waals surface area contributed by atoms with Gasteiger partial charge in [0.2, 0.25) is 23.6 Å². The predicted octanol–water partition coefficient (Wildman–Crippen LogP) is -1.48. The first-order chi connectivity index (χ1) is 42.6. The highest BCUT2D eigenvalue weighted by Gasteiger charge is 2.57. The number of aliphatic hydroxyl groups excluding tert-OH is 6. The van der Waals surface area contributed by atoms with Crippen molar-refractivity contribution < 1.29 is 108 Å². The van der Waals surface area contributed by atoms with Gasteiger partial charge in [0.1, 0.15) is 24.4 Å². The number of ether oxygens (including phenoxy) is 4. The molecular weight excluding hydrogens is 1220 g/mol. The van der Waals surface area contributed by atoms with Crippen molar-refractivity contribution in [3.8, 4) is 0 Å². The molecular formula is C58H78N8O22S2. The van der Waals surface area contributed by atoms with E-state index in [1.54, 1.807) is 0 Å². The van der Waals surface area contributed by atoms with Gasteiger partial charge in [0.25, 0.3) is 35.2 Å². The van der Waals surface area contributed by atoms with E-state index in [-0.39, 0.29) is 73.2 Å². The molecule has 0 unspecified atom stereocenters. The van der Waals surface area contributed by atoms with Crippen molar-refractivity contribution in [2.75, 3.05) is 73.0 Å². The van der Waals surface area contributed by atoms with Gasteiger partial charge in [-0.2, -0.15) is 23.5 Å². The van der Waals surface area contributed by atoms with Crippen LogP contribution in [0.3, 0.4) is 0 Å². The molecule has 30 nitrogen and oxygen atoms in total. The average molecular weight is 1300 g/mol. The summed E-state index contributed by atoms with van der Waals surface area (Å²) in [7, 11) is 0. The lowest BCUT2D eigenvalue weighted by atomic mass is 9.88. The number of benzene rings is 3. The van der Waals surface area contributed by atoms with Crippen LogP contribution in [-0.2, 0) is 47.7 Å². The van der Waals surface area contributed by atoms with Crippen LogP contribution in [0, 0.1) is 0 Å². The summed E-state index contributed by atoms with van der Waals surface area (Å²) in [5, 5.41) is 107. The molecule has 2 aliphatic heterocycles. The van der Waals surface area contributed by atoms with Gasteiger partial charge in [-0.25, -0.2) is 9.59 Å². The largest absolute Gasteiger partial charge is 0.477 e. The summed E-state index contributed by atoms with van der Waals surface area (Å²) in [6.07, 6.45) is -15.0. The van der Waals surface area contributed by atoms with E-state index in [4.69, 9.17) is 18.9 Å². The van der Waals surface area contributed by atoms with E-state index in [0.29, 0.717) is 34.4 Å². The Hall–Kier alpha value is -7.34. The van der Waals surface area contributed by atoms with Crippen LogP contribution in [0.1, 0.15) is 94.8 Å². The van der Waals surface area contributed by atoms with Crippen LogP contribution in [0.5, 0.6) is 0 Å². The van der Waals surface area contributed by atoms with Crippen molar-refractivity contribution >= 4 is 94.1 Å². The zero-order chi connectivity index (χ0) is 66.3. The van der Waals surface area contributed by atoms with E-state index in [9.17, 15) is 88.8 Å². The third kappa shape index (κ3) is 22.0. The molecule has 32 heteroatoms. The van der Waals surface area contributed by atoms with Gasteiger partial charge in [-0.1, -0.05) is 0 Å². The second-order valence-corrected chi connectivity index (χ2v) is 23.5. The molecule has 0 bridgehead atoms. The summed E-state index contributed by atoms with van der Waals surface area (Å²) >= 11 is 2.81. The molecule has 8 amide bonds. The maximum absolute atomic E-state index is 12.9. The van der Waals surface area contributed by atoms with E-state index >= 15 is 0 Å². The van der Waals surface area contributed by atoms with Crippen molar-refractivity contribution in [1.29, 1.82) is 0 Å². The zero-order valence-corrected chi connectivity index (χ0v) is 51.3. The fraction of sp³-hybridized carbons (Fsp3) is 0.517. The first-order valence-electron chi connectivity index (χ1n) is 28.5. The Morgan fingerprint density at radius 2 is 0.800 bits per heavy atom. The lowest BCUT2D eigenvalue weighted by Crippen LogP contribution is -2.68. The van der Waals surface area contributed by atoms with Gasteiger partial charge in [0.05, 0.1) is 49.7 Å². The van der Waals surface area contributed by atoms with Crippen LogP contribution in [0.15, 0.2) is 72.8 Å². The van der Waals surface area contributed by atoms with Crippen LogP contribution >= 0.6 is 23.5 Å². The Kier molecular flexibility index (Phi) is 28.8. The maximum atomic E-state index is 12.9. The summed E-state index contributed by atoms with van der Waals surface area (Å²) in [6.45, 7) is 3.84. The normalized spacial score (nSPS) is 22.6. The van der Waals surface area contributed by atoms with Crippen molar-refractivity contribution in [2.24, 2.45) is 0 Å². The number of hydrogen-bond acceptors (Lipinski definition) is 22. The molecule has 0 aliphatic carbocycles. The second kappa shape index (κ2) is 35.3. The molecule has 16 N–H and O–H groups in total. The van der Waals surface area contributed by atoms with E-state index < -0.39 is 146 Å². The number of carbonyl (C=O) groups is 10. The van der Waals surface area contributed by atoms with Crippen LogP contribution in [0.2, 0.25) is 0 Å². The number of thioether (sulfide) groups is 2. The van der Waals surface area contributed by atoms with Gasteiger partial charge in [0.15, 0.2) is 0 Å². The van der Waals surface area contributed by atoms with E-state index in [1.165, 1.54) is 110 Å². The fourth-order valence-corrected chi connectivity index (χ4v) is 11.0. The summed E-state index contributed by atoms with van der Waals surface area (Å²) < 4.78 is 23.0. The lowest BCUT2D eigenvalue weighted by molar-refractivity contribution is -0.310. The molecule has 2 fully saturated rings. The van der Waals surface area contributed by atoms with Gasteiger partial charge in [0, 0.05) is 112 Å². The van der Waals surface area contributed by atoms with Gasteiger partial charge < -0.3 is 102 Å². The molecule has 0 radical (unpaired) electrons. The second-order valence-electron chi connectivity index (χ2n) is 21.0. The number of aliphatic carboxylic acids is 2. The van der Waals surface area contributed by atoms with Gasteiger partial charge >= 0.3 is 11.9 Å². The number of carboxylic acids is 2. The highest BCUT2D eigenvalue weighted by atomic mass is 32.2. The SMILES string of the molecule is CC(=O)Nc1ccc(C(=O)NC[C@@H](O)[C@@H](O)[C@@H]2O[C@@](OCCCSCCNC(=O)c3ccc(C(=O)NCCSCCCO[C@]4(C(=O)O)C[C@H](O)[C@@H](NC(C)=O)[C@H]([C@H](O)[C@@H](O)CNC(=O)c5ccc(NC(C)=O)cc5)O4)cc3)(C(=O)O)C[C@H](O)[C@H]2NC(C)=O)cc1. The Bertz CT molecular complexity index is 2760. The molecule has 12 atom stereocenters. The molecule has 3 aromatic carbocycles. The Morgan fingerprint density at radius 1 is 0.489 bits per heavy atom. The highest BCUT2D eigenvalue weighted by molar-refractivity contribution is 7.99. The van der Waals surface area contributed by atoms with Crippen LogP contribution in [0.4, 0.5) is 11.4 Å². The molecule has 0 saturated carbocycles. The Labute approximate surface area is 525 Å². The minimum absolute atomic E-state index is 0.153. The summed E-state index contributed by atoms with van der Waals surface area (Å²) in [5.41, 5.74) is 1.74. The van der Waals surface area contributed by atoms with Crippen LogP contribution in [-0.4, -0.2) is 235 Å². The van der Waals surface area contributed by atoms with Crippen LogP contribution in [0.25, 0.3) is 0 Å². The predicted molar refractivity (Wildman–Crippen MR) is 324 cm³/mol. The topological polar surface area (TPSA) is 466 Å². The van der Waals surface area contributed by atoms with Crippen molar-refractivity contribution in [3.05, 3.63) is 95.1 Å². The highest BCUT2D eigenvalue weighted by Crippen LogP contribution is 2.36. The third-order valence-electron chi connectivity index (χ3n) is 13.9. The molecule has 3 aromatic rings. The summed E-state index contributed by atoms with van der Waals surface area (Å²) in [4.78, 5) is 123. The molecule has 2 aliphatic rings. The van der Waals surface area contributed by atoms with Crippen molar-refractivity contribution in [3.63, 3.8) is 0 Å². The maximum Gasteiger partial charge on any atom is 0.364 e. The zero-order valence-electron chi connectivity index (χ0n) is 49.7. The Morgan fingerprint density at radius 3 is 1.10 bits per heavy atom. The number of aliphatic hydroxyl groups is 6. The number of nitrogens with one attached hydrogen (secondary N) is 8. The minimum atomic E-state index is -2.51. The molecule has 0 aromatic heterocycles. The first kappa shape index (κ1) is 73.4. The number of anilines is 2. The number of amides is 8. The quantitative estimate of drug-likeness (QED) is 0.0303. The fourth-order valence-electron chi connectivity index (χ4n) is 9.45. The molecule has 2 heterocycles. The molecule has 2 saturated heterocycles. The van der Waals surface area contributed by atoms with Crippen LogP contribution < -0.4 is 42.5 Å². The van der Waals surface area contributed by atoms with Gasteiger partial charge in [-0.3, -0.25) is 38.4 Å².